The number of rotatable bonds is 6. The van der Waals surface area contributed by atoms with E-state index in [-0.39, 0.29) is 22.4 Å². The number of hydrogen-bond acceptors (Lipinski definition) is 4. The lowest BCUT2D eigenvalue weighted by molar-refractivity contribution is -0.120. The second-order valence-electron chi connectivity index (χ2n) is 5.16. The van der Waals surface area contributed by atoms with Crippen molar-refractivity contribution in [2.45, 2.75) is 25.7 Å². The van der Waals surface area contributed by atoms with Crippen molar-refractivity contribution in [3.63, 3.8) is 0 Å². The molecule has 0 fully saturated rings. The maximum absolute atomic E-state index is 12.1. The number of carbonyl (C=O) groups excluding carboxylic acids is 1. The molecule has 4 N–H and O–H groups in total. The molecular weight excluding hydrogens is 314 g/mol. The zero-order valence-corrected chi connectivity index (χ0v) is 13.8. The van der Waals surface area contributed by atoms with E-state index in [4.69, 9.17) is 17.3 Å². The Hall–Kier alpha value is -1.31. The summed E-state index contributed by atoms with van der Waals surface area (Å²) in [7, 11) is -3.89. The number of halogens is 1. The van der Waals surface area contributed by atoms with Gasteiger partial charge in [-0.2, -0.15) is 0 Å². The van der Waals surface area contributed by atoms with E-state index in [1.54, 1.807) is 6.92 Å². The van der Waals surface area contributed by atoms with Gasteiger partial charge >= 0.3 is 0 Å². The molecule has 8 heteroatoms. The Balaban J connectivity index is 2.79. The molecule has 0 bridgehead atoms. The summed E-state index contributed by atoms with van der Waals surface area (Å²) in [6, 6.07) is 2.76. The number of hydrogen-bond donors (Lipinski definition) is 3. The van der Waals surface area contributed by atoms with E-state index in [1.807, 2.05) is 13.8 Å². The molecule has 0 unspecified atom stereocenters. The summed E-state index contributed by atoms with van der Waals surface area (Å²) < 4.78 is 26.5. The van der Waals surface area contributed by atoms with E-state index in [0.717, 1.165) is 0 Å². The molecule has 1 rings (SSSR count). The van der Waals surface area contributed by atoms with E-state index in [2.05, 4.69) is 10.0 Å². The first-order valence-corrected chi connectivity index (χ1v) is 8.31. The van der Waals surface area contributed by atoms with Crippen molar-refractivity contribution in [2.75, 3.05) is 18.8 Å². The highest BCUT2D eigenvalue weighted by molar-refractivity contribution is 7.89. The van der Waals surface area contributed by atoms with Crippen molar-refractivity contribution in [2.24, 2.45) is 5.92 Å². The number of carbonyl (C=O) groups is 1. The lowest BCUT2D eigenvalue weighted by Crippen LogP contribution is -2.38. The Labute approximate surface area is 130 Å². The average Bonchev–Trinajstić information content (AvgIpc) is 2.38. The third-order valence-corrected chi connectivity index (χ3v) is 4.61. The summed E-state index contributed by atoms with van der Waals surface area (Å²) in [5.41, 5.74) is 6.70. The number of sulfonamides is 1. The molecule has 118 valence electrons. The minimum Gasteiger partial charge on any atom is -0.398 e. The fraction of sp³-hybridized carbons (Fsp3) is 0.462. The summed E-state index contributed by atoms with van der Waals surface area (Å²) in [6.07, 6.45) is 0. The van der Waals surface area contributed by atoms with Gasteiger partial charge in [-0.05, 0) is 30.5 Å². The van der Waals surface area contributed by atoms with Crippen LogP contribution in [0.15, 0.2) is 17.0 Å². The minimum absolute atomic E-state index is 0.0665. The normalized spacial score (nSPS) is 11.7. The molecule has 1 aromatic carbocycles. The maximum atomic E-state index is 12.1. The van der Waals surface area contributed by atoms with Gasteiger partial charge in [0.15, 0.2) is 0 Å². The number of benzene rings is 1. The number of nitrogen functional groups attached to an aromatic ring is 1. The van der Waals surface area contributed by atoms with E-state index in [0.29, 0.717) is 17.8 Å². The molecule has 0 aromatic heterocycles. The first-order chi connectivity index (χ1) is 9.63. The van der Waals surface area contributed by atoms with Crippen LogP contribution in [0.25, 0.3) is 0 Å². The molecule has 0 aliphatic heterocycles. The van der Waals surface area contributed by atoms with Crippen LogP contribution in [0.3, 0.4) is 0 Å². The van der Waals surface area contributed by atoms with Crippen LogP contribution in [-0.4, -0.2) is 27.4 Å². The molecular formula is C13H20ClN3O3S. The zero-order valence-electron chi connectivity index (χ0n) is 12.2. The summed E-state index contributed by atoms with van der Waals surface area (Å²) >= 11 is 5.93. The van der Waals surface area contributed by atoms with Gasteiger partial charge in [-0.1, -0.05) is 25.4 Å². The number of amides is 1. The lowest BCUT2D eigenvalue weighted by atomic mass is 10.2. The Morgan fingerprint density at radius 1 is 1.38 bits per heavy atom. The van der Waals surface area contributed by atoms with Crippen molar-refractivity contribution in [1.29, 1.82) is 0 Å². The predicted octanol–water partition coefficient (Wildman–Crippen LogP) is 1.28. The molecule has 0 spiro atoms. The second-order valence-corrected chi connectivity index (χ2v) is 7.30. The standard InChI is InChI=1S/C13H20ClN3O3S/c1-8(2)6-16-13(18)7-17-21(19,20)12-5-11(15)9(3)4-10(12)14/h4-5,8,17H,6-7,15H2,1-3H3,(H,16,18). The summed E-state index contributed by atoms with van der Waals surface area (Å²) in [4.78, 5) is 11.4. The third-order valence-electron chi connectivity index (χ3n) is 2.74. The van der Waals surface area contributed by atoms with Crippen molar-refractivity contribution >= 4 is 33.2 Å². The minimum atomic E-state index is -3.89. The van der Waals surface area contributed by atoms with Crippen LogP contribution in [0.5, 0.6) is 0 Å². The molecule has 0 atom stereocenters. The van der Waals surface area contributed by atoms with Gasteiger partial charge in [-0.15, -0.1) is 0 Å². The number of aryl methyl sites for hydroxylation is 1. The number of nitrogens with one attached hydrogen (secondary N) is 2. The van der Waals surface area contributed by atoms with Crippen LogP contribution in [0, 0.1) is 12.8 Å². The Morgan fingerprint density at radius 3 is 2.57 bits per heavy atom. The molecule has 0 saturated heterocycles. The van der Waals surface area contributed by atoms with Gasteiger partial charge in [0.2, 0.25) is 15.9 Å². The predicted molar refractivity (Wildman–Crippen MR) is 83.6 cm³/mol. The average molecular weight is 334 g/mol. The number of anilines is 1. The van der Waals surface area contributed by atoms with Crippen molar-refractivity contribution in [3.05, 3.63) is 22.7 Å². The quantitative estimate of drug-likeness (QED) is 0.682. The van der Waals surface area contributed by atoms with Crippen molar-refractivity contribution in [1.82, 2.24) is 10.0 Å². The lowest BCUT2D eigenvalue weighted by Gasteiger charge is -2.11. The van der Waals surface area contributed by atoms with Crippen LogP contribution in [0.1, 0.15) is 19.4 Å². The van der Waals surface area contributed by atoms with Crippen LogP contribution >= 0.6 is 11.6 Å². The molecule has 0 aliphatic carbocycles. The van der Waals surface area contributed by atoms with Gasteiger partial charge in [0, 0.05) is 12.2 Å². The summed E-state index contributed by atoms with van der Waals surface area (Å²) in [6.45, 7) is 5.75. The Morgan fingerprint density at radius 2 is 2.00 bits per heavy atom. The smallest absolute Gasteiger partial charge is 0.242 e. The van der Waals surface area contributed by atoms with Gasteiger partial charge < -0.3 is 11.1 Å². The SMILES string of the molecule is Cc1cc(Cl)c(S(=O)(=O)NCC(=O)NCC(C)C)cc1N. The molecule has 1 amide bonds. The maximum Gasteiger partial charge on any atom is 0.242 e. The highest BCUT2D eigenvalue weighted by atomic mass is 35.5. The van der Waals surface area contributed by atoms with E-state index in [1.165, 1.54) is 12.1 Å². The molecule has 0 saturated carbocycles. The fourth-order valence-electron chi connectivity index (χ4n) is 1.49. The first kappa shape index (κ1) is 17.7. The summed E-state index contributed by atoms with van der Waals surface area (Å²) in [5.74, 6) is -0.111. The molecule has 0 heterocycles. The van der Waals surface area contributed by atoms with E-state index >= 15 is 0 Å². The zero-order chi connectivity index (χ0) is 16.2. The van der Waals surface area contributed by atoms with Gasteiger partial charge in [-0.25, -0.2) is 13.1 Å². The van der Waals surface area contributed by atoms with Crippen LogP contribution < -0.4 is 15.8 Å². The fourth-order valence-corrected chi connectivity index (χ4v) is 3.09. The molecule has 1 aromatic rings. The van der Waals surface area contributed by atoms with Crippen LogP contribution in [0.2, 0.25) is 5.02 Å². The van der Waals surface area contributed by atoms with Crippen LogP contribution in [-0.2, 0) is 14.8 Å². The van der Waals surface area contributed by atoms with Gasteiger partial charge in [0.05, 0.1) is 11.6 Å². The highest BCUT2D eigenvalue weighted by Gasteiger charge is 2.20. The van der Waals surface area contributed by atoms with Crippen molar-refractivity contribution in [3.8, 4) is 0 Å². The molecule has 21 heavy (non-hydrogen) atoms. The highest BCUT2D eigenvalue weighted by Crippen LogP contribution is 2.26. The monoisotopic (exact) mass is 333 g/mol. The Kier molecular flexibility index (Phi) is 6.00. The molecule has 0 aliphatic rings. The molecule has 0 radical (unpaired) electrons. The van der Waals surface area contributed by atoms with Crippen LogP contribution in [0.4, 0.5) is 5.69 Å². The van der Waals surface area contributed by atoms with Gasteiger partial charge in [0.1, 0.15) is 4.90 Å². The van der Waals surface area contributed by atoms with E-state index < -0.39 is 15.9 Å². The first-order valence-electron chi connectivity index (χ1n) is 6.45. The van der Waals surface area contributed by atoms with Gasteiger partial charge in [0.25, 0.3) is 0 Å². The summed E-state index contributed by atoms with van der Waals surface area (Å²) in [5, 5.41) is 2.68. The molecule has 6 nitrogen and oxygen atoms in total. The van der Waals surface area contributed by atoms with E-state index in [9.17, 15) is 13.2 Å². The third kappa shape index (κ3) is 5.18. The second kappa shape index (κ2) is 7.11. The number of nitrogens with two attached hydrogens (primary N) is 1. The largest absolute Gasteiger partial charge is 0.398 e. The van der Waals surface area contributed by atoms with Gasteiger partial charge in [-0.3, -0.25) is 4.79 Å². The topological polar surface area (TPSA) is 101 Å². The van der Waals surface area contributed by atoms with Crippen molar-refractivity contribution < 1.29 is 13.2 Å². The Bertz CT molecular complexity index is 630.